The summed E-state index contributed by atoms with van der Waals surface area (Å²) in [6, 6.07) is 0. The van der Waals surface area contributed by atoms with Crippen molar-refractivity contribution >= 4 is 7.82 Å². The van der Waals surface area contributed by atoms with Crippen LogP contribution in [0.4, 0.5) is 0 Å². The number of H-pyrrole nitrogens is 1. The number of hydrogen-bond acceptors (Lipinski definition) is 8. The van der Waals surface area contributed by atoms with Crippen molar-refractivity contribution in [3.05, 3.63) is 32.6 Å². The number of rotatable bonds is 7. The van der Waals surface area contributed by atoms with Gasteiger partial charge in [-0.3, -0.25) is 23.4 Å². The molecular formula is C15H21N2O9P. The van der Waals surface area contributed by atoms with Crippen molar-refractivity contribution in [2.24, 2.45) is 0 Å². The van der Waals surface area contributed by atoms with Crippen LogP contribution in [0, 0.1) is 11.8 Å². The monoisotopic (exact) mass is 404 g/mol. The van der Waals surface area contributed by atoms with Crippen molar-refractivity contribution in [3.8, 4) is 11.8 Å². The summed E-state index contributed by atoms with van der Waals surface area (Å²) in [4.78, 5) is 35.7. The van der Waals surface area contributed by atoms with Crippen LogP contribution in [0.2, 0.25) is 0 Å². The van der Waals surface area contributed by atoms with E-state index >= 15 is 0 Å². The van der Waals surface area contributed by atoms with Crippen LogP contribution in [0.25, 0.3) is 0 Å². The molecule has 2 heterocycles. The van der Waals surface area contributed by atoms with E-state index in [1.54, 1.807) is 0 Å². The summed E-state index contributed by atoms with van der Waals surface area (Å²) < 4.78 is 33.0. The zero-order chi connectivity index (χ0) is 20.0. The molecule has 0 bridgehead atoms. The summed E-state index contributed by atoms with van der Waals surface area (Å²) in [6.45, 7) is -0.110. The molecule has 2 unspecified atom stereocenters. The molecule has 4 atom stereocenters. The van der Waals surface area contributed by atoms with Gasteiger partial charge in [-0.05, 0) is 0 Å². The lowest BCUT2D eigenvalue weighted by atomic mass is 10.2. The molecule has 0 radical (unpaired) electrons. The Labute approximate surface area is 154 Å². The van der Waals surface area contributed by atoms with Crippen LogP contribution >= 0.6 is 7.82 Å². The zero-order valence-electron chi connectivity index (χ0n) is 14.8. The molecular weight excluding hydrogens is 383 g/mol. The van der Waals surface area contributed by atoms with E-state index in [1.807, 2.05) is 0 Å². The van der Waals surface area contributed by atoms with Crippen molar-refractivity contribution in [1.29, 1.82) is 0 Å². The van der Waals surface area contributed by atoms with Gasteiger partial charge in [0, 0.05) is 33.3 Å². The fourth-order valence-electron chi connectivity index (χ4n) is 2.51. The first-order valence-corrected chi connectivity index (χ1v) is 9.47. The Morgan fingerprint density at radius 1 is 1.44 bits per heavy atom. The van der Waals surface area contributed by atoms with E-state index in [9.17, 15) is 19.0 Å². The summed E-state index contributed by atoms with van der Waals surface area (Å²) in [7, 11) is -1.82. The number of phosphoric ester groups is 1. The average Bonchev–Trinajstić information content (AvgIpc) is 2.99. The number of ether oxygens (including phenoxy) is 2. The number of aromatic nitrogens is 2. The first-order valence-electron chi connectivity index (χ1n) is 7.97. The molecule has 12 heteroatoms. The molecule has 1 aliphatic heterocycles. The van der Waals surface area contributed by atoms with E-state index in [1.165, 1.54) is 13.3 Å². The van der Waals surface area contributed by atoms with Gasteiger partial charge in [-0.2, -0.15) is 0 Å². The van der Waals surface area contributed by atoms with Crippen LogP contribution in [0.3, 0.4) is 0 Å². The molecule has 0 spiro atoms. The van der Waals surface area contributed by atoms with Gasteiger partial charge < -0.3 is 19.5 Å². The summed E-state index contributed by atoms with van der Waals surface area (Å²) in [5.41, 5.74) is -1.38. The molecule has 1 aromatic heterocycles. The van der Waals surface area contributed by atoms with E-state index in [4.69, 9.17) is 19.1 Å². The SMILES string of the molecule is COC[C@H]1O[C@@H](n2cc(C#CCCO)c(=O)[nH]c2=O)CC1OP(=O)(O)OC. The third-order valence-electron chi connectivity index (χ3n) is 3.75. The fraction of sp³-hybridized carbons (Fsp3) is 0.600. The van der Waals surface area contributed by atoms with E-state index in [2.05, 4.69) is 21.3 Å². The van der Waals surface area contributed by atoms with Crippen molar-refractivity contribution in [2.75, 3.05) is 27.4 Å². The van der Waals surface area contributed by atoms with Gasteiger partial charge in [0.05, 0.1) is 13.2 Å². The number of nitrogens with zero attached hydrogens (tertiary/aromatic N) is 1. The average molecular weight is 404 g/mol. The second-order valence-corrected chi connectivity index (χ2v) is 7.11. The number of aliphatic hydroxyl groups is 1. The number of phosphoric acid groups is 1. The largest absolute Gasteiger partial charge is 0.472 e. The van der Waals surface area contributed by atoms with E-state index in [0.29, 0.717) is 0 Å². The third kappa shape index (κ3) is 5.60. The lowest BCUT2D eigenvalue weighted by Gasteiger charge is -2.19. The minimum absolute atomic E-state index is 0.0176. The predicted molar refractivity (Wildman–Crippen MR) is 92.0 cm³/mol. The highest BCUT2D eigenvalue weighted by Gasteiger charge is 2.41. The molecule has 1 saturated heterocycles. The van der Waals surface area contributed by atoms with E-state index in [0.717, 1.165) is 11.7 Å². The summed E-state index contributed by atoms with van der Waals surface area (Å²) >= 11 is 0. The van der Waals surface area contributed by atoms with Crippen LogP contribution < -0.4 is 11.2 Å². The van der Waals surface area contributed by atoms with Crippen LogP contribution in [-0.2, 0) is 23.1 Å². The number of aliphatic hydroxyl groups excluding tert-OH is 1. The number of aromatic amines is 1. The van der Waals surface area contributed by atoms with Crippen molar-refractivity contribution < 1.29 is 33.1 Å². The second kappa shape index (κ2) is 9.43. The van der Waals surface area contributed by atoms with Crippen molar-refractivity contribution in [1.82, 2.24) is 9.55 Å². The lowest BCUT2D eigenvalue weighted by molar-refractivity contribution is -0.0544. The number of methoxy groups -OCH3 is 1. The molecule has 3 N–H and O–H groups in total. The Bertz CT molecular complexity index is 869. The predicted octanol–water partition coefficient (Wildman–Crippen LogP) is -0.664. The molecule has 0 aliphatic carbocycles. The molecule has 0 saturated carbocycles. The van der Waals surface area contributed by atoms with E-state index < -0.39 is 37.5 Å². The van der Waals surface area contributed by atoms with Gasteiger partial charge in [0.1, 0.15) is 24.0 Å². The van der Waals surface area contributed by atoms with Crippen LogP contribution in [0.1, 0.15) is 24.6 Å². The van der Waals surface area contributed by atoms with Gasteiger partial charge >= 0.3 is 13.5 Å². The topological polar surface area (TPSA) is 149 Å². The molecule has 0 aromatic carbocycles. The fourth-order valence-corrected chi connectivity index (χ4v) is 3.16. The minimum Gasteiger partial charge on any atom is -0.395 e. The van der Waals surface area contributed by atoms with Crippen LogP contribution in [-0.4, -0.2) is 59.2 Å². The summed E-state index contributed by atoms with van der Waals surface area (Å²) in [5.74, 6) is 5.17. The molecule has 11 nitrogen and oxygen atoms in total. The Hall–Kier alpha value is -1.77. The first kappa shape index (κ1) is 21.5. The zero-order valence-corrected chi connectivity index (χ0v) is 15.7. The molecule has 0 amide bonds. The maximum atomic E-state index is 12.2. The van der Waals surface area contributed by atoms with Crippen LogP contribution in [0.15, 0.2) is 15.8 Å². The minimum atomic E-state index is -4.28. The molecule has 1 aromatic rings. The summed E-state index contributed by atoms with van der Waals surface area (Å²) in [5, 5.41) is 8.76. The number of nitrogens with one attached hydrogen (secondary N) is 1. The highest BCUT2D eigenvalue weighted by molar-refractivity contribution is 7.47. The van der Waals surface area contributed by atoms with Crippen LogP contribution in [0.5, 0.6) is 0 Å². The normalized spacial score (nSPS) is 24.2. The molecule has 150 valence electrons. The second-order valence-electron chi connectivity index (χ2n) is 5.60. The molecule has 1 aliphatic rings. The molecule has 27 heavy (non-hydrogen) atoms. The Morgan fingerprint density at radius 3 is 2.81 bits per heavy atom. The van der Waals surface area contributed by atoms with Gasteiger partial charge in [0.25, 0.3) is 5.56 Å². The van der Waals surface area contributed by atoms with Crippen molar-refractivity contribution in [3.63, 3.8) is 0 Å². The maximum Gasteiger partial charge on any atom is 0.472 e. The highest BCUT2D eigenvalue weighted by atomic mass is 31.2. The lowest BCUT2D eigenvalue weighted by Crippen LogP contribution is -2.33. The first-order chi connectivity index (χ1) is 12.8. The van der Waals surface area contributed by atoms with Gasteiger partial charge in [0.15, 0.2) is 0 Å². The Morgan fingerprint density at radius 2 is 2.19 bits per heavy atom. The number of hydrogen-bond donors (Lipinski definition) is 3. The highest BCUT2D eigenvalue weighted by Crippen LogP contribution is 2.47. The van der Waals surface area contributed by atoms with Gasteiger partial charge in [-0.15, -0.1) is 0 Å². The smallest absolute Gasteiger partial charge is 0.395 e. The van der Waals surface area contributed by atoms with Crippen molar-refractivity contribution in [2.45, 2.75) is 31.3 Å². The maximum absolute atomic E-state index is 12.2. The van der Waals surface area contributed by atoms with Gasteiger partial charge in [-0.1, -0.05) is 11.8 Å². The van der Waals surface area contributed by atoms with E-state index in [-0.39, 0.29) is 31.6 Å². The van der Waals surface area contributed by atoms with Gasteiger partial charge in [0.2, 0.25) is 0 Å². The Balaban J connectivity index is 2.31. The molecule has 1 fully saturated rings. The third-order valence-corrected chi connectivity index (χ3v) is 4.75. The standard InChI is InChI=1S/C15H21N2O9P/c1-23-9-12-11(26-27(21,22)24-2)7-13(25-12)17-8-10(5-3-4-6-18)14(19)16-15(17)20/h8,11-13,18H,4,6-7,9H2,1-2H3,(H,21,22)(H,16,19,20)/t11?,12-,13-/m1/s1. The van der Waals surface area contributed by atoms with Gasteiger partial charge in [-0.25, -0.2) is 9.36 Å². The molecule has 2 rings (SSSR count). The quantitative estimate of drug-likeness (QED) is 0.397. The summed E-state index contributed by atoms with van der Waals surface area (Å²) in [6.07, 6.45) is -1.05. The Kier molecular flexibility index (Phi) is 7.52.